The van der Waals surface area contributed by atoms with Crippen LogP contribution >= 0.6 is 0 Å². The molecule has 0 saturated heterocycles. The number of rotatable bonds is 7. The minimum atomic E-state index is -3.77. The number of carbonyl (C=O) groups is 2. The Morgan fingerprint density at radius 2 is 1.95 bits per heavy atom. The number of carbonyl (C=O) groups excluding carboxylic acids is 1. The molecule has 0 aliphatic heterocycles. The highest BCUT2D eigenvalue weighted by Crippen LogP contribution is 2.29. The average molecular weight is 307 g/mol. The van der Waals surface area contributed by atoms with Crippen LogP contribution in [0.15, 0.2) is 0 Å². The van der Waals surface area contributed by atoms with Crippen molar-refractivity contribution in [2.75, 3.05) is 18.9 Å². The fourth-order valence-electron chi connectivity index (χ4n) is 2.42. The topological polar surface area (TPSA) is 110 Å². The predicted octanol–water partition coefficient (Wildman–Crippen LogP) is 0.360. The van der Waals surface area contributed by atoms with Gasteiger partial charge in [-0.2, -0.15) is 0 Å². The van der Waals surface area contributed by atoms with Gasteiger partial charge in [0.1, 0.15) is 0 Å². The molecule has 1 aliphatic carbocycles. The first kappa shape index (κ1) is 16.9. The van der Waals surface area contributed by atoms with Crippen molar-refractivity contribution in [2.24, 2.45) is 11.8 Å². The zero-order chi connectivity index (χ0) is 15.2. The molecule has 0 aromatic heterocycles. The van der Waals surface area contributed by atoms with Gasteiger partial charge in [-0.25, -0.2) is 13.1 Å². The quantitative estimate of drug-likeness (QED) is 0.657. The highest BCUT2D eigenvalue weighted by Gasteiger charge is 2.31. The summed E-state index contributed by atoms with van der Waals surface area (Å²) in [5.41, 5.74) is 0. The highest BCUT2D eigenvalue weighted by atomic mass is 32.2. The Kier molecular flexibility index (Phi) is 6.41. The van der Waals surface area contributed by atoms with Gasteiger partial charge in [-0.05, 0) is 25.7 Å². The first-order valence-electron chi connectivity index (χ1n) is 6.71. The van der Waals surface area contributed by atoms with Gasteiger partial charge in [-0.15, -0.1) is 0 Å². The van der Waals surface area contributed by atoms with E-state index < -0.39 is 33.6 Å². The molecular weight excluding hydrogens is 286 g/mol. The first-order valence-corrected chi connectivity index (χ1v) is 8.36. The Labute approximate surface area is 118 Å². The highest BCUT2D eigenvalue weighted by molar-refractivity contribution is 7.90. The monoisotopic (exact) mass is 307 g/mol. The van der Waals surface area contributed by atoms with Crippen molar-refractivity contribution in [1.82, 2.24) is 4.72 Å². The minimum Gasteiger partial charge on any atom is -0.481 e. The molecule has 0 heterocycles. The van der Waals surface area contributed by atoms with Crippen LogP contribution < -0.4 is 4.72 Å². The zero-order valence-corrected chi connectivity index (χ0v) is 12.3. The summed E-state index contributed by atoms with van der Waals surface area (Å²) in [5, 5.41) is 9.10. The summed E-state index contributed by atoms with van der Waals surface area (Å²) in [5.74, 6) is -3.17. The van der Waals surface area contributed by atoms with Crippen LogP contribution in [0.25, 0.3) is 0 Å². The van der Waals surface area contributed by atoms with Crippen molar-refractivity contribution in [3.05, 3.63) is 0 Å². The second-order valence-electron chi connectivity index (χ2n) is 4.90. The molecule has 0 aromatic carbocycles. The van der Waals surface area contributed by atoms with E-state index in [2.05, 4.69) is 9.46 Å². The summed E-state index contributed by atoms with van der Waals surface area (Å²) < 4.78 is 30.2. The molecule has 1 fully saturated rings. The molecule has 2 N–H and O–H groups in total. The third-order valence-electron chi connectivity index (χ3n) is 3.40. The van der Waals surface area contributed by atoms with Crippen molar-refractivity contribution in [2.45, 2.75) is 32.6 Å². The maximum absolute atomic E-state index is 11.7. The van der Waals surface area contributed by atoms with E-state index in [0.717, 1.165) is 12.8 Å². The van der Waals surface area contributed by atoms with Crippen LogP contribution in [0.2, 0.25) is 0 Å². The molecule has 116 valence electrons. The largest absolute Gasteiger partial charge is 0.481 e. The molecule has 1 saturated carbocycles. The number of hydrogen-bond acceptors (Lipinski definition) is 5. The van der Waals surface area contributed by atoms with E-state index in [-0.39, 0.29) is 19.1 Å². The molecule has 8 heteroatoms. The molecule has 20 heavy (non-hydrogen) atoms. The summed E-state index contributed by atoms with van der Waals surface area (Å²) in [6, 6.07) is 0. The fourth-order valence-corrected chi connectivity index (χ4v) is 3.38. The molecule has 0 amide bonds. The number of aliphatic carboxylic acids is 1. The number of nitrogens with one attached hydrogen (secondary N) is 1. The van der Waals surface area contributed by atoms with Crippen LogP contribution in [0.1, 0.15) is 32.6 Å². The summed E-state index contributed by atoms with van der Waals surface area (Å²) in [6.07, 6.45) is 3.00. The number of hydrogen-bond donors (Lipinski definition) is 2. The summed E-state index contributed by atoms with van der Waals surface area (Å²) >= 11 is 0. The summed E-state index contributed by atoms with van der Waals surface area (Å²) in [4.78, 5) is 22.2. The molecule has 0 radical (unpaired) electrons. The maximum Gasteiger partial charge on any atom is 0.322 e. The SMILES string of the molecule is CCOC(=O)CS(=O)(=O)NCC1CCCCC1C(=O)O. The van der Waals surface area contributed by atoms with Crippen molar-refractivity contribution >= 4 is 22.0 Å². The van der Waals surface area contributed by atoms with E-state index in [4.69, 9.17) is 5.11 Å². The Balaban J connectivity index is 2.51. The molecule has 0 bridgehead atoms. The van der Waals surface area contributed by atoms with Crippen LogP contribution in [-0.2, 0) is 24.3 Å². The molecule has 2 unspecified atom stereocenters. The first-order chi connectivity index (χ1) is 9.35. The summed E-state index contributed by atoms with van der Waals surface area (Å²) in [6.45, 7) is 1.77. The molecule has 7 nitrogen and oxygen atoms in total. The van der Waals surface area contributed by atoms with E-state index in [0.29, 0.717) is 12.8 Å². The minimum absolute atomic E-state index is 0.0543. The lowest BCUT2D eigenvalue weighted by Crippen LogP contribution is -2.39. The van der Waals surface area contributed by atoms with Gasteiger partial charge in [0.05, 0.1) is 12.5 Å². The van der Waals surface area contributed by atoms with E-state index >= 15 is 0 Å². The Bertz CT molecular complexity index is 447. The van der Waals surface area contributed by atoms with Crippen molar-refractivity contribution in [1.29, 1.82) is 0 Å². The smallest absolute Gasteiger partial charge is 0.322 e. The van der Waals surface area contributed by atoms with Crippen LogP contribution in [0, 0.1) is 11.8 Å². The van der Waals surface area contributed by atoms with E-state index in [1.807, 2.05) is 0 Å². The number of carboxylic acid groups (broad SMARTS) is 1. The Morgan fingerprint density at radius 1 is 1.30 bits per heavy atom. The lowest BCUT2D eigenvalue weighted by molar-refractivity contribution is -0.145. The van der Waals surface area contributed by atoms with Gasteiger partial charge < -0.3 is 9.84 Å². The molecule has 2 atom stereocenters. The van der Waals surface area contributed by atoms with Crippen LogP contribution in [0.3, 0.4) is 0 Å². The standard InChI is InChI=1S/C12H21NO6S/c1-2-19-11(14)8-20(17,18)13-7-9-5-3-4-6-10(9)12(15)16/h9-10,13H,2-8H2,1H3,(H,15,16). The van der Waals surface area contributed by atoms with Gasteiger partial charge in [0.15, 0.2) is 5.75 Å². The molecule has 0 spiro atoms. The number of sulfonamides is 1. The van der Waals surface area contributed by atoms with Gasteiger partial charge >= 0.3 is 11.9 Å². The predicted molar refractivity (Wildman–Crippen MR) is 71.5 cm³/mol. The number of carboxylic acids is 1. The van der Waals surface area contributed by atoms with Crippen molar-refractivity contribution < 1.29 is 27.9 Å². The third-order valence-corrected chi connectivity index (χ3v) is 4.63. The van der Waals surface area contributed by atoms with Crippen molar-refractivity contribution in [3.8, 4) is 0 Å². The third kappa shape index (κ3) is 5.46. The maximum atomic E-state index is 11.7. The van der Waals surface area contributed by atoms with Crippen molar-refractivity contribution in [3.63, 3.8) is 0 Å². The van der Waals surface area contributed by atoms with E-state index in [1.165, 1.54) is 0 Å². The van der Waals surface area contributed by atoms with Gasteiger partial charge in [-0.1, -0.05) is 12.8 Å². The second-order valence-corrected chi connectivity index (χ2v) is 6.71. The van der Waals surface area contributed by atoms with Crippen LogP contribution in [0.4, 0.5) is 0 Å². The lowest BCUT2D eigenvalue weighted by atomic mass is 9.79. The molecule has 1 rings (SSSR count). The molecule has 0 aromatic rings. The number of esters is 1. The lowest BCUT2D eigenvalue weighted by Gasteiger charge is -2.28. The second kappa shape index (κ2) is 7.58. The van der Waals surface area contributed by atoms with Gasteiger partial charge in [0.25, 0.3) is 0 Å². The summed E-state index contributed by atoms with van der Waals surface area (Å²) in [7, 11) is -3.77. The Morgan fingerprint density at radius 3 is 2.55 bits per heavy atom. The van der Waals surface area contributed by atoms with Gasteiger partial charge in [-0.3, -0.25) is 9.59 Å². The zero-order valence-electron chi connectivity index (χ0n) is 11.5. The van der Waals surface area contributed by atoms with E-state index in [1.54, 1.807) is 6.92 Å². The van der Waals surface area contributed by atoms with E-state index in [9.17, 15) is 18.0 Å². The van der Waals surface area contributed by atoms with Gasteiger partial charge in [0, 0.05) is 6.54 Å². The molecule has 1 aliphatic rings. The average Bonchev–Trinajstić information content (AvgIpc) is 2.36. The van der Waals surface area contributed by atoms with Crippen LogP contribution in [-0.4, -0.2) is 44.4 Å². The Hall–Kier alpha value is -1.15. The fraction of sp³-hybridized carbons (Fsp3) is 0.833. The molecular formula is C12H21NO6S. The van der Waals surface area contributed by atoms with Crippen LogP contribution in [0.5, 0.6) is 0 Å². The normalized spacial score (nSPS) is 23.2. The number of ether oxygens (including phenoxy) is 1. The van der Waals surface area contributed by atoms with Gasteiger partial charge in [0.2, 0.25) is 10.0 Å².